The van der Waals surface area contributed by atoms with Crippen molar-refractivity contribution < 1.29 is 9.59 Å². The molecule has 0 aliphatic carbocycles. The molecule has 6 heteroatoms. The second kappa shape index (κ2) is 9.77. The molecule has 5 nitrogen and oxygen atoms in total. The van der Waals surface area contributed by atoms with Crippen molar-refractivity contribution in [2.45, 2.75) is 76.8 Å². The van der Waals surface area contributed by atoms with Crippen LogP contribution in [0, 0.1) is 11.8 Å². The van der Waals surface area contributed by atoms with Crippen molar-refractivity contribution in [2.24, 2.45) is 11.8 Å². The zero-order valence-electron chi connectivity index (χ0n) is 15.5. The van der Waals surface area contributed by atoms with Gasteiger partial charge < -0.3 is 15.5 Å². The van der Waals surface area contributed by atoms with E-state index >= 15 is 0 Å². The molecular formula is C19H34ClN3O2. The number of carbonyl (C=O) groups excluding carboxylic acids is 2. The van der Waals surface area contributed by atoms with Crippen molar-refractivity contribution in [3.05, 3.63) is 0 Å². The van der Waals surface area contributed by atoms with E-state index in [0.29, 0.717) is 30.3 Å². The van der Waals surface area contributed by atoms with E-state index in [1.165, 1.54) is 25.7 Å². The third-order valence-electron chi connectivity index (χ3n) is 6.08. The van der Waals surface area contributed by atoms with Crippen LogP contribution in [-0.4, -0.2) is 48.4 Å². The first-order chi connectivity index (χ1) is 11.7. The monoisotopic (exact) mass is 371 g/mol. The Kier molecular flexibility index (Phi) is 8.01. The number of piperidine rings is 2. The molecule has 3 fully saturated rings. The Morgan fingerprint density at radius 2 is 1.72 bits per heavy atom. The highest BCUT2D eigenvalue weighted by Crippen LogP contribution is 2.33. The number of carbonyl (C=O) groups is 2. The van der Waals surface area contributed by atoms with E-state index in [0.717, 1.165) is 45.3 Å². The van der Waals surface area contributed by atoms with Crippen molar-refractivity contribution >= 4 is 24.2 Å². The molecular weight excluding hydrogens is 338 g/mol. The van der Waals surface area contributed by atoms with E-state index in [-0.39, 0.29) is 24.2 Å². The summed E-state index contributed by atoms with van der Waals surface area (Å²) in [6.07, 6.45) is 9.40. The van der Waals surface area contributed by atoms with Gasteiger partial charge >= 0.3 is 0 Å². The van der Waals surface area contributed by atoms with Crippen LogP contribution in [-0.2, 0) is 9.59 Å². The molecule has 0 aromatic rings. The highest BCUT2D eigenvalue weighted by molar-refractivity contribution is 5.85. The van der Waals surface area contributed by atoms with Crippen LogP contribution in [0.5, 0.6) is 0 Å². The number of fused-ring (bicyclic) bond motifs is 2. The molecule has 3 heterocycles. The van der Waals surface area contributed by atoms with Crippen LogP contribution in [0.4, 0.5) is 0 Å². The van der Waals surface area contributed by atoms with E-state index in [1.807, 2.05) is 4.90 Å². The number of rotatable bonds is 6. The zero-order chi connectivity index (χ0) is 16.9. The zero-order valence-corrected chi connectivity index (χ0v) is 16.3. The molecule has 2 atom stereocenters. The van der Waals surface area contributed by atoms with Gasteiger partial charge in [0.15, 0.2) is 0 Å². The van der Waals surface area contributed by atoms with Crippen molar-refractivity contribution in [1.29, 1.82) is 0 Å². The Labute approximate surface area is 158 Å². The third-order valence-corrected chi connectivity index (χ3v) is 6.08. The minimum absolute atomic E-state index is 0. The van der Waals surface area contributed by atoms with Crippen LogP contribution in [0.3, 0.4) is 0 Å². The normalized spacial score (nSPS) is 29.2. The van der Waals surface area contributed by atoms with Gasteiger partial charge in [0.2, 0.25) is 11.8 Å². The second-order valence-electron chi connectivity index (χ2n) is 7.98. The molecule has 144 valence electrons. The molecule has 2 unspecified atom stereocenters. The maximum absolute atomic E-state index is 12.6. The van der Waals surface area contributed by atoms with Gasteiger partial charge in [0.1, 0.15) is 0 Å². The van der Waals surface area contributed by atoms with E-state index in [4.69, 9.17) is 0 Å². The van der Waals surface area contributed by atoms with E-state index < -0.39 is 0 Å². The summed E-state index contributed by atoms with van der Waals surface area (Å²) in [7, 11) is 0. The van der Waals surface area contributed by atoms with Crippen molar-refractivity contribution in [3.8, 4) is 0 Å². The van der Waals surface area contributed by atoms with Crippen LogP contribution in [0.25, 0.3) is 0 Å². The minimum atomic E-state index is 0. The Morgan fingerprint density at radius 1 is 1.08 bits per heavy atom. The summed E-state index contributed by atoms with van der Waals surface area (Å²) in [4.78, 5) is 26.7. The highest BCUT2D eigenvalue weighted by Gasteiger charge is 2.35. The van der Waals surface area contributed by atoms with Crippen LogP contribution in [0.1, 0.15) is 64.7 Å². The summed E-state index contributed by atoms with van der Waals surface area (Å²) in [5.41, 5.74) is 0. The molecule has 0 saturated carbocycles. The molecule has 0 aromatic carbocycles. The molecule has 0 aromatic heterocycles. The van der Waals surface area contributed by atoms with E-state index in [2.05, 4.69) is 17.6 Å². The summed E-state index contributed by atoms with van der Waals surface area (Å²) in [5.74, 6) is 1.16. The van der Waals surface area contributed by atoms with Gasteiger partial charge in [0.25, 0.3) is 0 Å². The fourth-order valence-electron chi connectivity index (χ4n) is 4.64. The average molecular weight is 372 g/mol. The lowest BCUT2D eigenvalue weighted by atomic mass is 9.88. The Bertz CT molecular complexity index is 440. The molecule has 0 radical (unpaired) electrons. The minimum Gasteiger partial charge on any atom is -0.356 e. The maximum atomic E-state index is 12.6. The molecule has 3 aliphatic rings. The fraction of sp³-hybridized carbons (Fsp3) is 0.895. The summed E-state index contributed by atoms with van der Waals surface area (Å²) >= 11 is 0. The molecule has 2 amide bonds. The number of nitrogens with zero attached hydrogens (tertiary/aromatic N) is 1. The molecule has 0 spiro atoms. The van der Waals surface area contributed by atoms with Gasteiger partial charge in [0, 0.05) is 44.1 Å². The molecule has 3 saturated heterocycles. The molecule has 3 rings (SSSR count). The lowest BCUT2D eigenvalue weighted by Gasteiger charge is -2.34. The van der Waals surface area contributed by atoms with Crippen molar-refractivity contribution in [1.82, 2.24) is 15.5 Å². The van der Waals surface area contributed by atoms with Gasteiger partial charge in [-0.05, 0) is 50.9 Å². The number of likely N-dealkylation sites (tertiary alicyclic amines) is 1. The Morgan fingerprint density at radius 3 is 2.32 bits per heavy atom. The van der Waals surface area contributed by atoms with Gasteiger partial charge in [-0.3, -0.25) is 9.59 Å². The smallest absolute Gasteiger partial charge is 0.223 e. The van der Waals surface area contributed by atoms with Crippen LogP contribution >= 0.6 is 12.4 Å². The molecule has 25 heavy (non-hydrogen) atoms. The van der Waals surface area contributed by atoms with Gasteiger partial charge in [-0.25, -0.2) is 0 Å². The quantitative estimate of drug-likeness (QED) is 0.705. The number of nitrogens with one attached hydrogen (secondary N) is 2. The second-order valence-corrected chi connectivity index (χ2v) is 7.98. The number of halogens is 1. The average Bonchev–Trinajstić information content (AvgIpc) is 2.93. The number of hydrogen-bond donors (Lipinski definition) is 2. The lowest BCUT2D eigenvalue weighted by Crippen LogP contribution is -2.44. The van der Waals surface area contributed by atoms with E-state index in [1.54, 1.807) is 0 Å². The predicted molar refractivity (Wildman–Crippen MR) is 102 cm³/mol. The van der Waals surface area contributed by atoms with Crippen LogP contribution in [0.2, 0.25) is 0 Å². The summed E-state index contributed by atoms with van der Waals surface area (Å²) in [6.45, 7) is 4.42. The van der Waals surface area contributed by atoms with Crippen LogP contribution < -0.4 is 10.6 Å². The first-order valence-electron chi connectivity index (χ1n) is 9.97. The van der Waals surface area contributed by atoms with Gasteiger partial charge in [-0.1, -0.05) is 13.3 Å². The van der Waals surface area contributed by atoms with Gasteiger partial charge in [0.05, 0.1) is 0 Å². The molecule has 3 aliphatic heterocycles. The summed E-state index contributed by atoms with van der Waals surface area (Å²) in [5, 5.41) is 6.67. The first-order valence-corrected chi connectivity index (χ1v) is 9.97. The lowest BCUT2D eigenvalue weighted by molar-refractivity contribution is -0.136. The number of hydrogen-bond acceptors (Lipinski definition) is 3. The Hall–Kier alpha value is -0.810. The topological polar surface area (TPSA) is 61.4 Å². The number of unbranched alkanes of at least 4 members (excludes halogenated alkanes) is 1. The summed E-state index contributed by atoms with van der Waals surface area (Å²) < 4.78 is 0. The van der Waals surface area contributed by atoms with Crippen molar-refractivity contribution in [3.63, 3.8) is 0 Å². The fourth-order valence-corrected chi connectivity index (χ4v) is 4.64. The van der Waals surface area contributed by atoms with Gasteiger partial charge in [-0.2, -0.15) is 0 Å². The number of amides is 2. The molecule has 2 N–H and O–H groups in total. The maximum Gasteiger partial charge on any atom is 0.223 e. The van der Waals surface area contributed by atoms with Crippen molar-refractivity contribution in [2.75, 3.05) is 19.6 Å². The highest BCUT2D eigenvalue weighted by atomic mass is 35.5. The third kappa shape index (κ3) is 5.58. The predicted octanol–water partition coefficient (Wildman–Crippen LogP) is 2.48. The Balaban J connectivity index is 0.00000225. The standard InChI is InChI=1S/C19H33N3O2.ClH/c1-2-3-8-20-19(24)15-6-9-22(10-7-15)18(23)13-14-11-16-4-5-17(12-14)21-16;/h14-17,21H,2-13H2,1H3,(H,20,24);1H. The molecule has 2 bridgehead atoms. The SMILES string of the molecule is CCCCNC(=O)C1CCN(C(=O)CC2CC3CCC(C2)N3)CC1.Cl. The van der Waals surface area contributed by atoms with Crippen LogP contribution in [0.15, 0.2) is 0 Å². The van der Waals surface area contributed by atoms with Gasteiger partial charge in [-0.15, -0.1) is 12.4 Å². The van der Waals surface area contributed by atoms with E-state index in [9.17, 15) is 9.59 Å². The first kappa shape index (κ1) is 20.5. The summed E-state index contributed by atoms with van der Waals surface area (Å²) in [6, 6.07) is 1.30. The largest absolute Gasteiger partial charge is 0.356 e.